The molecule has 1 rings (SSSR count). The third kappa shape index (κ3) is 0.407. The Kier molecular flexibility index (Phi) is 0.638. The molecule has 0 spiro atoms. The molecule has 0 fully saturated rings. The molecule has 6 heavy (non-hydrogen) atoms. The SMILES string of the molecule is Fc1cc[c]o1. The zero-order chi connectivity index (χ0) is 4.41. The topological polar surface area (TPSA) is 13.1 Å². The Morgan fingerprint density at radius 1 is 1.83 bits per heavy atom. The minimum absolute atomic E-state index is 0.588. The quantitative estimate of drug-likeness (QED) is 0.461. The van der Waals surface area contributed by atoms with Gasteiger partial charge in [0.05, 0.1) is 0 Å². The van der Waals surface area contributed by atoms with Gasteiger partial charge >= 0.3 is 0 Å². The first-order chi connectivity index (χ1) is 2.89. The first-order valence-electron chi connectivity index (χ1n) is 1.51. The second kappa shape index (κ2) is 1.12. The van der Waals surface area contributed by atoms with Crippen molar-refractivity contribution in [2.24, 2.45) is 0 Å². The highest BCUT2D eigenvalue weighted by atomic mass is 19.1. The zero-order valence-corrected chi connectivity index (χ0v) is 2.94. The maximum absolute atomic E-state index is 11.5. The molecule has 1 heterocycles. The Morgan fingerprint density at radius 3 is 2.83 bits per heavy atom. The smallest absolute Gasteiger partial charge is 0.278 e. The molecule has 1 aromatic heterocycles. The molecule has 0 unspecified atom stereocenters. The van der Waals surface area contributed by atoms with Crippen molar-refractivity contribution in [3.05, 3.63) is 24.4 Å². The summed E-state index contributed by atoms with van der Waals surface area (Å²) in [5.74, 6) is 0. The zero-order valence-electron chi connectivity index (χ0n) is 2.94. The van der Waals surface area contributed by atoms with Gasteiger partial charge in [0.15, 0.2) is 6.26 Å². The molecule has 31 valence electrons. The van der Waals surface area contributed by atoms with Crippen molar-refractivity contribution in [1.82, 2.24) is 0 Å². The highest BCUT2D eigenvalue weighted by Gasteiger charge is 1.82. The van der Waals surface area contributed by atoms with Crippen LogP contribution < -0.4 is 0 Å². The second-order valence-corrected chi connectivity index (χ2v) is 0.857. The Labute approximate surface area is 34.4 Å². The Bertz CT molecular complexity index is 111. The molecule has 0 aliphatic carbocycles. The largest absolute Gasteiger partial charge is 0.428 e. The van der Waals surface area contributed by atoms with E-state index in [1.54, 1.807) is 0 Å². The predicted molar refractivity (Wildman–Crippen MR) is 17.5 cm³/mol. The van der Waals surface area contributed by atoms with Gasteiger partial charge in [-0.2, -0.15) is 4.39 Å². The van der Waals surface area contributed by atoms with Gasteiger partial charge in [-0.1, -0.05) is 0 Å². The number of furan rings is 1. The van der Waals surface area contributed by atoms with Crippen molar-refractivity contribution < 1.29 is 8.81 Å². The summed E-state index contributed by atoms with van der Waals surface area (Å²) < 4.78 is 15.5. The van der Waals surface area contributed by atoms with Crippen LogP contribution in [0.25, 0.3) is 0 Å². The van der Waals surface area contributed by atoms with Gasteiger partial charge in [0.1, 0.15) is 0 Å². The van der Waals surface area contributed by atoms with Crippen LogP contribution in [0.2, 0.25) is 0 Å². The van der Waals surface area contributed by atoms with Crippen LogP contribution in [0.3, 0.4) is 0 Å². The highest BCUT2D eigenvalue weighted by molar-refractivity contribution is 4.81. The van der Waals surface area contributed by atoms with Crippen molar-refractivity contribution in [1.29, 1.82) is 0 Å². The fraction of sp³-hybridized carbons (Fsp3) is 0. The van der Waals surface area contributed by atoms with E-state index in [0.717, 1.165) is 0 Å². The van der Waals surface area contributed by atoms with Gasteiger partial charge in [0.2, 0.25) is 0 Å². The van der Waals surface area contributed by atoms with E-state index in [1.807, 2.05) is 0 Å². The van der Waals surface area contributed by atoms with Crippen LogP contribution in [0.15, 0.2) is 16.5 Å². The van der Waals surface area contributed by atoms with Gasteiger partial charge in [-0.25, -0.2) is 0 Å². The van der Waals surface area contributed by atoms with Crippen molar-refractivity contribution in [3.63, 3.8) is 0 Å². The summed E-state index contributed by atoms with van der Waals surface area (Å²) in [6, 6.07) is 1.98. The lowest BCUT2D eigenvalue weighted by Crippen LogP contribution is -1.49. The maximum atomic E-state index is 11.5. The lowest BCUT2D eigenvalue weighted by Gasteiger charge is -1.62. The van der Waals surface area contributed by atoms with Gasteiger partial charge in [-0.3, -0.25) is 0 Å². The van der Waals surface area contributed by atoms with E-state index >= 15 is 0 Å². The maximum Gasteiger partial charge on any atom is 0.278 e. The van der Waals surface area contributed by atoms with E-state index in [0.29, 0.717) is 0 Å². The highest BCUT2D eigenvalue weighted by Crippen LogP contribution is 1.92. The van der Waals surface area contributed by atoms with E-state index in [9.17, 15) is 4.39 Å². The predicted octanol–water partition coefficient (Wildman–Crippen LogP) is 1.22. The summed E-state index contributed by atoms with van der Waals surface area (Å²) in [5, 5.41) is 0. The number of halogens is 1. The number of hydrogen-bond acceptors (Lipinski definition) is 1. The number of hydrogen-bond donors (Lipinski definition) is 0. The van der Waals surface area contributed by atoms with Crippen molar-refractivity contribution in [2.45, 2.75) is 0 Å². The van der Waals surface area contributed by atoms with Crippen LogP contribution in [0.4, 0.5) is 4.39 Å². The summed E-state index contributed by atoms with van der Waals surface area (Å²) in [5.41, 5.74) is 0. The van der Waals surface area contributed by atoms with Crippen molar-refractivity contribution in [3.8, 4) is 0 Å². The minimum Gasteiger partial charge on any atom is -0.428 e. The molecule has 2 heteroatoms. The first-order valence-corrected chi connectivity index (χ1v) is 1.51. The normalized spacial score (nSPS) is 8.83. The van der Waals surface area contributed by atoms with Gasteiger partial charge in [0.25, 0.3) is 6.01 Å². The van der Waals surface area contributed by atoms with Crippen LogP contribution in [0.1, 0.15) is 0 Å². The standard InChI is InChI=1S/C4H2FO/c5-4-2-1-3-6-4/h1-2H. The molecule has 1 radical (unpaired) electrons. The minimum atomic E-state index is -0.588. The fourth-order valence-electron chi connectivity index (χ4n) is 0.224. The second-order valence-electron chi connectivity index (χ2n) is 0.857. The van der Waals surface area contributed by atoms with Crippen LogP contribution in [0.5, 0.6) is 0 Å². The molecular weight excluding hydrogens is 83.0 g/mol. The molecule has 0 amide bonds. The average molecular weight is 85.1 g/mol. The fourth-order valence-corrected chi connectivity index (χ4v) is 0.224. The van der Waals surface area contributed by atoms with E-state index in [2.05, 4.69) is 10.7 Å². The van der Waals surface area contributed by atoms with E-state index in [1.165, 1.54) is 12.1 Å². The van der Waals surface area contributed by atoms with Crippen LogP contribution in [-0.4, -0.2) is 0 Å². The Morgan fingerprint density at radius 2 is 2.67 bits per heavy atom. The molecule has 0 aromatic carbocycles. The molecular formula is C4H2FO. The van der Waals surface area contributed by atoms with Crippen LogP contribution in [-0.2, 0) is 0 Å². The van der Waals surface area contributed by atoms with Gasteiger partial charge in [-0.15, -0.1) is 0 Å². The molecule has 0 saturated carbocycles. The van der Waals surface area contributed by atoms with E-state index in [4.69, 9.17) is 0 Å². The Balaban J connectivity index is 3.05. The summed E-state index contributed by atoms with van der Waals surface area (Å²) >= 11 is 0. The molecule has 0 saturated heterocycles. The summed E-state index contributed by atoms with van der Waals surface area (Å²) in [6.07, 6.45) is 2.18. The van der Waals surface area contributed by atoms with Gasteiger partial charge in [0, 0.05) is 6.07 Å². The molecule has 0 aliphatic heterocycles. The molecule has 0 aliphatic rings. The van der Waals surface area contributed by atoms with Gasteiger partial charge < -0.3 is 4.42 Å². The van der Waals surface area contributed by atoms with Crippen LogP contribution in [0, 0.1) is 12.3 Å². The number of rotatable bonds is 0. The molecule has 1 aromatic rings. The van der Waals surface area contributed by atoms with Crippen LogP contribution >= 0.6 is 0 Å². The molecule has 0 bridgehead atoms. The van der Waals surface area contributed by atoms with Crippen molar-refractivity contribution >= 4 is 0 Å². The summed E-state index contributed by atoms with van der Waals surface area (Å²) in [6.45, 7) is 0. The third-order valence-corrected chi connectivity index (χ3v) is 0.439. The van der Waals surface area contributed by atoms with Crippen molar-refractivity contribution in [2.75, 3.05) is 0 Å². The molecule has 0 N–H and O–H groups in total. The lowest BCUT2D eigenvalue weighted by atomic mass is 10.7. The first kappa shape index (κ1) is 3.40. The summed E-state index contributed by atoms with van der Waals surface area (Å²) in [4.78, 5) is 0. The Hall–Kier alpha value is -0.790. The third-order valence-electron chi connectivity index (χ3n) is 0.439. The van der Waals surface area contributed by atoms with E-state index < -0.39 is 6.01 Å². The monoisotopic (exact) mass is 85.0 g/mol. The average Bonchev–Trinajstić information content (AvgIpc) is 1.86. The van der Waals surface area contributed by atoms with Gasteiger partial charge in [-0.05, 0) is 6.07 Å². The summed E-state index contributed by atoms with van der Waals surface area (Å²) in [7, 11) is 0. The molecule has 0 atom stereocenters. The molecule has 1 nitrogen and oxygen atoms in total. The lowest BCUT2D eigenvalue weighted by molar-refractivity contribution is 0.355. The van der Waals surface area contributed by atoms with E-state index in [-0.39, 0.29) is 0 Å².